The second kappa shape index (κ2) is 9.37. The number of Topliss-reactive ketones (excluding diaryl/α,β-unsaturated/α-hetero) is 1. The molecule has 7 nitrogen and oxygen atoms in total. The lowest BCUT2D eigenvalue weighted by molar-refractivity contribution is -0.137. The predicted molar refractivity (Wildman–Crippen MR) is 137 cm³/mol. The third kappa shape index (κ3) is 4.49. The van der Waals surface area contributed by atoms with Gasteiger partial charge in [-0.25, -0.2) is 4.79 Å². The number of nitrogens with one attached hydrogen (secondary N) is 1. The second-order valence-electron chi connectivity index (χ2n) is 9.12. The van der Waals surface area contributed by atoms with Gasteiger partial charge in [-0.3, -0.25) is 18.7 Å². The number of nitrogens with zero attached hydrogens (tertiary/aromatic N) is 3. The summed E-state index contributed by atoms with van der Waals surface area (Å²) in [6, 6.07) is 17.3. The van der Waals surface area contributed by atoms with E-state index in [-0.39, 0.29) is 24.3 Å². The Hall–Kier alpha value is -4.60. The van der Waals surface area contributed by atoms with Crippen LogP contribution in [0.15, 0.2) is 77.7 Å². The fraction of sp³-hybridized carbons (Fsp3) is 0.179. The van der Waals surface area contributed by atoms with Gasteiger partial charge in [-0.15, -0.1) is 0 Å². The summed E-state index contributed by atoms with van der Waals surface area (Å²) < 4.78 is 44.2. The van der Waals surface area contributed by atoms with Gasteiger partial charge in [0.25, 0.3) is 11.7 Å². The molecule has 0 fully saturated rings. The highest BCUT2D eigenvalue weighted by Gasteiger charge is 2.30. The van der Waals surface area contributed by atoms with Crippen molar-refractivity contribution in [1.82, 2.24) is 19.0 Å². The largest absolute Gasteiger partial charge is 0.416 e. The Labute approximate surface area is 214 Å². The molecule has 0 aliphatic carbocycles. The maximum absolute atomic E-state index is 13.2. The molecule has 0 radical (unpaired) electrons. The molecular formula is C28H23F3N4O3. The summed E-state index contributed by atoms with van der Waals surface area (Å²) in [5.74, 6) is -1.56. The normalized spacial score (nSPS) is 11.8. The molecule has 0 spiro atoms. The fourth-order valence-electron chi connectivity index (χ4n) is 4.65. The van der Waals surface area contributed by atoms with Gasteiger partial charge in [-0.1, -0.05) is 36.4 Å². The van der Waals surface area contributed by atoms with Gasteiger partial charge in [0.1, 0.15) is 0 Å². The Morgan fingerprint density at radius 1 is 0.842 bits per heavy atom. The van der Waals surface area contributed by atoms with Gasteiger partial charge in [0.05, 0.1) is 22.2 Å². The minimum absolute atomic E-state index is 0.0759. The number of aryl methyl sites for hydroxylation is 2. The van der Waals surface area contributed by atoms with Crippen LogP contribution in [0, 0.1) is 0 Å². The molecule has 0 aliphatic heterocycles. The number of fused-ring (bicyclic) bond motifs is 2. The Balaban J connectivity index is 1.38. The average molecular weight is 521 g/mol. The zero-order valence-electron chi connectivity index (χ0n) is 20.5. The first-order valence-electron chi connectivity index (χ1n) is 11.8. The van der Waals surface area contributed by atoms with Gasteiger partial charge in [0.2, 0.25) is 0 Å². The maximum atomic E-state index is 13.2. The van der Waals surface area contributed by atoms with Crippen LogP contribution in [0.2, 0.25) is 0 Å². The Morgan fingerprint density at radius 3 is 2.34 bits per heavy atom. The third-order valence-corrected chi connectivity index (χ3v) is 6.64. The van der Waals surface area contributed by atoms with Crippen LogP contribution in [0.25, 0.3) is 21.9 Å². The van der Waals surface area contributed by atoms with E-state index in [2.05, 4.69) is 5.32 Å². The molecule has 1 amide bonds. The quantitative estimate of drug-likeness (QED) is 0.266. The van der Waals surface area contributed by atoms with E-state index < -0.39 is 23.4 Å². The van der Waals surface area contributed by atoms with E-state index in [1.54, 1.807) is 67.2 Å². The number of benzene rings is 3. The molecule has 5 aromatic rings. The number of alkyl halides is 3. The van der Waals surface area contributed by atoms with Crippen molar-refractivity contribution < 1.29 is 22.8 Å². The number of para-hydroxylation sites is 1. The van der Waals surface area contributed by atoms with Crippen LogP contribution in [0.5, 0.6) is 0 Å². The molecule has 1 N–H and O–H groups in total. The van der Waals surface area contributed by atoms with E-state index in [9.17, 15) is 27.6 Å². The maximum Gasteiger partial charge on any atom is 0.416 e. The number of hydrogen-bond donors (Lipinski definition) is 1. The summed E-state index contributed by atoms with van der Waals surface area (Å²) in [6.45, 7) is 0.168. The number of ketones is 1. The highest BCUT2D eigenvalue weighted by molar-refractivity contribution is 6.45. The van der Waals surface area contributed by atoms with Crippen molar-refractivity contribution in [2.75, 3.05) is 0 Å². The Bertz CT molecular complexity index is 1780. The molecule has 0 saturated carbocycles. The zero-order chi connectivity index (χ0) is 27.2. The van der Waals surface area contributed by atoms with E-state index in [4.69, 9.17) is 0 Å². The predicted octanol–water partition coefficient (Wildman–Crippen LogP) is 4.40. The van der Waals surface area contributed by atoms with Crippen LogP contribution >= 0.6 is 0 Å². The average Bonchev–Trinajstić information content (AvgIpc) is 3.37. The molecule has 10 heteroatoms. The van der Waals surface area contributed by atoms with E-state index in [1.807, 2.05) is 0 Å². The van der Waals surface area contributed by atoms with Crippen LogP contribution in [-0.4, -0.2) is 25.4 Å². The Kier molecular flexibility index (Phi) is 6.18. The minimum atomic E-state index is -4.46. The van der Waals surface area contributed by atoms with E-state index in [0.29, 0.717) is 27.5 Å². The second-order valence-corrected chi connectivity index (χ2v) is 9.12. The lowest BCUT2D eigenvalue weighted by Gasteiger charge is -2.10. The molecule has 3 aromatic carbocycles. The molecule has 0 saturated heterocycles. The summed E-state index contributed by atoms with van der Waals surface area (Å²) in [5, 5.41) is 3.16. The summed E-state index contributed by atoms with van der Waals surface area (Å²) >= 11 is 0. The van der Waals surface area contributed by atoms with Crippen molar-refractivity contribution >= 4 is 33.6 Å². The van der Waals surface area contributed by atoms with Crippen molar-refractivity contribution in [3.05, 3.63) is 106 Å². The molecule has 194 valence electrons. The topological polar surface area (TPSA) is 78.0 Å². The number of hydrogen-bond acceptors (Lipinski definition) is 3. The molecule has 0 bridgehead atoms. The van der Waals surface area contributed by atoms with Crippen LogP contribution < -0.4 is 11.0 Å². The standard InChI is InChI=1S/C28H23F3N4O3/c1-33-23-11-10-17(13-24(23)34(2)27(33)38)14-32-26(37)25(36)21-16-35(22-9-4-3-8-20(21)22)15-18-6-5-7-19(12-18)28(29,30)31/h3-13,16H,14-15H2,1-2H3,(H,32,37). The number of imidazole rings is 1. The molecular weight excluding hydrogens is 497 g/mol. The molecule has 0 aliphatic rings. The summed E-state index contributed by atoms with van der Waals surface area (Å²) in [5.41, 5.74) is 2.43. The van der Waals surface area contributed by atoms with Gasteiger partial charge in [-0.2, -0.15) is 13.2 Å². The number of halogens is 3. The van der Waals surface area contributed by atoms with Gasteiger partial charge >= 0.3 is 11.9 Å². The lowest BCUT2D eigenvalue weighted by Crippen LogP contribution is -2.30. The highest BCUT2D eigenvalue weighted by Crippen LogP contribution is 2.30. The molecule has 2 aromatic heterocycles. The van der Waals surface area contributed by atoms with Gasteiger partial charge in [0.15, 0.2) is 0 Å². The number of rotatable bonds is 6. The van der Waals surface area contributed by atoms with Crippen molar-refractivity contribution in [1.29, 1.82) is 0 Å². The van der Waals surface area contributed by atoms with Crippen molar-refractivity contribution in [3.63, 3.8) is 0 Å². The SMILES string of the molecule is Cn1c(=O)n(C)c2cc(CNC(=O)C(=O)c3cn(Cc4cccc(C(F)(F)F)c4)c4ccccc34)ccc21. The number of carbonyl (C=O) groups is 2. The van der Waals surface area contributed by atoms with Crippen LogP contribution in [0.3, 0.4) is 0 Å². The van der Waals surface area contributed by atoms with E-state index >= 15 is 0 Å². The smallest absolute Gasteiger partial charge is 0.345 e. The summed E-state index contributed by atoms with van der Waals surface area (Å²) in [7, 11) is 3.33. The summed E-state index contributed by atoms with van der Waals surface area (Å²) in [6.07, 6.45) is -2.97. The number of carbonyl (C=O) groups excluding carboxylic acids is 2. The lowest BCUT2D eigenvalue weighted by atomic mass is 10.1. The fourth-order valence-corrected chi connectivity index (χ4v) is 4.65. The molecule has 0 unspecified atom stereocenters. The van der Waals surface area contributed by atoms with Crippen LogP contribution in [0.4, 0.5) is 13.2 Å². The first-order chi connectivity index (χ1) is 18.0. The molecule has 5 rings (SSSR count). The van der Waals surface area contributed by atoms with Gasteiger partial charge < -0.3 is 9.88 Å². The van der Waals surface area contributed by atoms with Crippen molar-refractivity contribution in [2.45, 2.75) is 19.3 Å². The van der Waals surface area contributed by atoms with Crippen molar-refractivity contribution in [2.24, 2.45) is 14.1 Å². The third-order valence-electron chi connectivity index (χ3n) is 6.64. The highest BCUT2D eigenvalue weighted by atomic mass is 19.4. The first kappa shape index (κ1) is 25.1. The van der Waals surface area contributed by atoms with Crippen molar-refractivity contribution in [3.8, 4) is 0 Å². The minimum Gasteiger partial charge on any atom is -0.345 e. The molecule has 0 atom stereocenters. The van der Waals surface area contributed by atoms with Gasteiger partial charge in [-0.05, 0) is 41.5 Å². The van der Waals surface area contributed by atoms with E-state index in [0.717, 1.165) is 17.6 Å². The first-order valence-corrected chi connectivity index (χ1v) is 11.8. The van der Waals surface area contributed by atoms with Crippen LogP contribution in [0.1, 0.15) is 27.0 Å². The summed E-state index contributed by atoms with van der Waals surface area (Å²) in [4.78, 5) is 38.1. The monoisotopic (exact) mass is 520 g/mol. The van der Waals surface area contributed by atoms with Crippen LogP contribution in [-0.2, 0) is 38.2 Å². The molecule has 2 heterocycles. The molecule has 38 heavy (non-hydrogen) atoms. The number of aromatic nitrogens is 3. The van der Waals surface area contributed by atoms with Gasteiger partial charge in [0, 0.05) is 44.3 Å². The van der Waals surface area contributed by atoms with E-state index in [1.165, 1.54) is 21.4 Å². The number of amides is 1. The Morgan fingerprint density at radius 2 is 1.58 bits per heavy atom. The zero-order valence-corrected chi connectivity index (χ0v) is 20.5.